The Labute approximate surface area is 155 Å². The third kappa shape index (κ3) is 3.29. The number of ether oxygens (including phenoxy) is 1. The third-order valence-electron chi connectivity index (χ3n) is 4.76. The van der Waals surface area contributed by atoms with E-state index in [1.54, 1.807) is 16.3 Å². The zero-order valence-electron chi connectivity index (χ0n) is 14.9. The molecule has 1 aliphatic heterocycles. The minimum absolute atomic E-state index is 0.00707. The van der Waals surface area contributed by atoms with Gasteiger partial charge >= 0.3 is 0 Å². The van der Waals surface area contributed by atoms with Crippen LogP contribution in [0.5, 0.6) is 0 Å². The van der Waals surface area contributed by atoms with Crippen molar-refractivity contribution in [1.29, 1.82) is 0 Å². The summed E-state index contributed by atoms with van der Waals surface area (Å²) < 4.78 is 12.8. The minimum Gasteiger partial charge on any atom is -0.376 e. The highest BCUT2D eigenvalue weighted by Gasteiger charge is 2.21. The molecule has 0 radical (unpaired) electrons. The predicted molar refractivity (Wildman–Crippen MR) is 101 cm³/mol. The van der Waals surface area contributed by atoms with Crippen LogP contribution in [0.2, 0.25) is 0 Å². The summed E-state index contributed by atoms with van der Waals surface area (Å²) in [6.07, 6.45) is 2.10. The summed E-state index contributed by atoms with van der Waals surface area (Å²) in [4.78, 5) is 17.8. The van der Waals surface area contributed by atoms with Gasteiger partial charge in [-0.15, -0.1) is 0 Å². The van der Waals surface area contributed by atoms with E-state index in [4.69, 9.17) is 14.2 Å². The predicted octanol–water partition coefficient (Wildman–Crippen LogP) is 3.47. The van der Waals surface area contributed by atoms with E-state index in [1.807, 2.05) is 38.1 Å². The van der Waals surface area contributed by atoms with Crippen molar-refractivity contribution in [3.63, 3.8) is 0 Å². The van der Waals surface area contributed by atoms with Crippen LogP contribution in [0.3, 0.4) is 0 Å². The van der Waals surface area contributed by atoms with E-state index in [2.05, 4.69) is 5.16 Å². The molecule has 0 aliphatic carbocycles. The molecule has 0 amide bonds. The van der Waals surface area contributed by atoms with Gasteiger partial charge in [0.05, 0.1) is 29.2 Å². The Morgan fingerprint density at radius 3 is 2.88 bits per heavy atom. The molecule has 3 heterocycles. The lowest BCUT2D eigenvalue weighted by Crippen LogP contribution is -2.28. The fourth-order valence-electron chi connectivity index (χ4n) is 3.26. The van der Waals surface area contributed by atoms with Crippen LogP contribution in [0.4, 0.5) is 0 Å². The van der Waals surface area contributed by atoms with Crippen LogP contribution in [0.25, 0.3) is 10.9 Å². The average molecular weight is 371 g/mol. The Hall–Kier alpha value is -2.12. The first kappa shape index (κ1) is 17.3. The number of fused-ring (bicyclic) bond motifs is 1. The van der Waals surface area contributed by atoms with Crippen molar-refractivity contribution in [2.24, 2.45) is 0 Å². The van der Waals surface area contributed by atoms with E-state index in [1.165, 1.54) is 0 Å². The molecular formula is C19H21N3O3S. The topological polar surface area (TPSA) is 70.2 Å². The standard InChI is InChI=1S/C19H21N3O3S/c1-12-16(13(2)25-21-12)11-26-19-20-17-8-4-3-7-15(17)18(23)22(19)10-14-6-5-9-24-14/h3-4,7-8,14H,5-6,9-11H2,1-2H3/t14-/m1/s1. The number of hydrogen-bond donors (Lipinski definition) is 0. The quantitative estimate of drug-likeness (QED) is 0.505. The number of rotatable bonds is 5. The Morgan fingerprint density at radius 2 is 2.15 bits per heavy atom. The molecule has 3 aromatic rings. The van der Waals surface area contributed by atoms with Crippen molar-refractivity contribution < 1.29 is 9.26 Å². The fraction of sp³-hybridized carbons (Fsp3) is 0.421. The molecule has 6 nitrogen and oxygen atoms in total. The second-order valence-electron chi connectivity index (χ2n) is 6.55. The monoisotopic (exact) mass is 371 g/mol. The molecule has 7 heteroatoms. The first-order valence-electron chi connectivity index (χ1n) is 8.79. The first-order chi connectivity index (χ1) is 12.6. The molecule has 2 aromatic heterocycles. The summed E-state index contributed by atoms with van der Waals surface area (Å²) in [5.74, 6) is 1.47. The largest absolute Gasteiger partial charge is 0.376 e. The molecule has 0 saturated carbocycles. The van der Waals surface area contributed by atoms with Crippen molar-refractivity contribution in [3.8, 4) is 0 Å². The van der Waals surface area contributed by atoms with Crippen molar-refractivity contribution >= 4 is 22.7 Å². The smallest absolute Gasteiger partial charge is 0.262 e. The maximum absolute atomic E-state index is 13.1. The van der Waals surface area contributed by atoms with Crippen LogP contribution in [0.15, 0.2) is 38.7 Å². The van der Waals surface area contributed by atoms with Crippen LogP contribution in [0, 0.1) is 13.8 Å². The Morgan fingerprint density at radius 1 is 1.31 bits per heavy atom. The SMILES string of the molecule is Cc1noc(C)c1CSc1nc2ccccc2c(=O)n1C[C@H]1CCCO1. The second-order valence-corrected chi connectivity index (χ2v) is 7.50. The molecule has 0 unspecified atom stereocenters. The van der Waals surface area contributed by atoms with Crippen molar-refractivity contribution in [2.75, 3.05) is 6.61 Å². The van der Waals surface area contributed by atoms with Gasteiger partial charge in [-0.25, -0.2) is 4.98 Å². The average Bonchev–Trinajstić information content (AvgIpc) is 3.26. The van der Waals surface area contributed by atoms with Crippen molar-refractivity contribution in [3.05, 3.63) is 51.6 Å². The molecular weight excluding hydrogens is 350 g/mol. The lowest BCUT2D eigenvalue weighted by atomic mass is 10.2. The molecule has 26 heavy (non-hydrogen) atoms. The normalized spacial score (nSPS) is 17.2. The highest BCUT2D eigenvalue weighted by atomic mass is 32.2. The van der Waals surface area contributed by atoms with E-state index in [9.17, 15) is 4.79 Å². The van der Waals surface area contributed by atoms with E-state index < -0.39 is 0 Å². The number of benzene rings is 1. The summed E-state index contributed by atoms with van der Waals surface area (Å²) in [6, 6.07) is 7.49. The van der Waals surface area contributed by atoms with Gasteiger partial charge in [-0.2, -0.15) is 0 Å². The Bertz CT molecular complexity index is 970. The van der Waals surface area contributed by atoms with Gasteiger partial charge < -0.3 is 9.26 Å². The first-order valence-corrected chi connectivity index (χ1v) is 9.78. The molecule has 0 bridgehead atoms. The zero-order valence-corrected chi connectivity index (χ0v) is 15.7. The van der Waals surface area contributed by atoms with Gasteiger partial charge in [0.15, 0.2) is 5.16 Å². The summed E-state index contributed by atoms with van der Waals surface area (Å²) in [6.45, 7) is 5.14. The summed E-state index contributed by atoms with van der Waals surface area (Å²) in [7, 11) is 0. The van der Waals surface area contributed by atoms with Gasteiger partial charge in [0.2, 0.25) is 0 Å². The molecule has 0 spiro atoms. The summed E-state index contributed by atoms with van der Waals surface area (Å²) in [5.41, 5.74) is 2.65. The minimum atomic E-state index is -0.00707. The zero-order chi connectivity index (χ0) is 18.1. The summed E-state index contributed by atoms with van der Waals surface area (Å²) >= 11 is 1.54. The van der Waals surface area contributed by atoms with Gasteiger partial charge in [-0.3, -0.25) is 9.36 Å². The number of nitrogens with zero attached hydrogens (tertiary/aromatic N) is 3. The van der Waals surface area contributed by atoms with E-state index in [0.717, 1.165) is 42.0 Å². The van der Waals surface area contributed by atoms with Crippen molar-refractivity contribution in [1.82, 2.24) is 14.7 Å². The molecule has 1 atom stereocenters. The highest BCUT2D eigenvalue weighted by molar-refractivity contribution is 7.98. The van der Waals surface area contributed by atoms with Gasteiger partial charge in [0.25, 0.3) is 5.56 Å². The maximum Gasteiger partial charge on any atom is 0.262 e. The van der Waals surface area contributed by atoms with Gasteiger partial charge in [-0.1, -0.05) is 29.1 Å². The number of hydrogen-bond acceptors (Lipinski definition) is 6. The number of aryl methyl sites for hydroxylation is 2. The van der Waals surface area contributed by atoms with E-state index in [0.29, 0.717) is 22.8 Å². The molecule has 136 valence electrons. The summed E-state index contributed by atoms with van der Waals surface area (Å²) in [5, 5.41) is 5.36. The lowest BCUT2D eigenvalue weighted by molar-refractivity contribution is 0.0937. The van der Waals surface area contributed by atoms with E-state index >= 15 is 0 Å². The Balaban J connectivity index is 1.72. The number of para-hydroxylation sites is 1. The molecule has 0 N–H and O–H groups in total. The van der Waals surface area contributed by atoms with Crippen LogP contribution in [-0.2, 0) is 17.0 Å². The number of aromatic nitrogens is 3. The highest BCUT2D eigenvalue weighted by Crippen LogP contribution is 2.26. The Kier molecular flexibility index (Phi) is 4.82. The van der Waals surface area contributed by atoms with Crippen molar-refractivity contribution in [2.45, 2.75) is 50.2 Å². The molecule has 1 saturated heterocycles. The molecule has 1 aromatic carbocycles. The van der Waals surface area contributed by atoms with Gasteiger partial charge in [-0.05, 0) is 38.8 Å². The number of thioether (sulfide) groups is 1. The van der Waals surface area contributed by atoms with Crippen LogP contribution in [-0.4, -0.2) is 27.4 Å². The van der Waals surface area contributed by atoms with E-state index in [-0.39, 0.29) is 11.7 Å². The molecule has 4 rings (SSSR count). The molecule has 1 aliphatic rings. The fourth-order valence-corrected chi connectivity index (χ4v) is 4.42. The van der Waals surface area contributed by atoms with Crippen LogP contribution in [0.1, 0.15) is 29.9 Å². The maximum atomic E-state index is 13.1. The lowest BCUT2D eigenvalue weighted by Gasteiger charge is -2.16. The molecule has 1 fully saturated rings. The van der Waals surface area contributed by atoms with Gasteiger partial charge in [0.1, 0.15) is 5.76 Å². The van der Waals surface area contributed by atoms with Gasteiger partial charge in [0, 0.05) is 17.9 Å². The second kappa shape index (κ2) is 7.25. The third-order valence-corrected chi connectivity index (χ3v) is 5.77. The van der Waals surface area contributed by atoms with Crippen LogP contribution >= 0.6 is 11.8 Å². The van der Waals surface area contributed by atoms with Crippen LogP contribution < -0.4 is 5.56 Å².